The summed E-state index contributed by atoms with van der Waals surface area (Å²) >= 11 is 1.37. The first kappa shape index (κ1) is 14.9. The van der Waals surface area contributed by atoms with Gasteiger partial charge in [0.1, 0.15) is 0 Å². The average molecular weight is 274 g/mol. The fraction of sp³-hybridized carbons (Fsp3) is 0.636. The van der Waals surface area contributed by atoms with Gasteiger partial charge in [-0.25, -0.2) is 9.78 Å². The molecule has 0 amide bonds. The van der Waals surface area contributed by atoms with Crippen molar-refractivity contribution in [1.29, 1.82) is 0 Å². The Labute approximate surface area is 110 Å². The number of aromatic nitrogens is 1. The van der Waals surface area contributed by atoms with E-state index in [0.29, 0.717) is 36.3 Å². The second kappa shape index (κ2) is 7.30. The van der Waals surface area contributed by atoms with Crippen molar-refractivity contribution in [2.45, 2.75) is 6.92 Å². The molecule has 1 heterocycles. The highest BCUT2D eigenvalue weighted by Gasteiger charge is 2.17. The monoisotopic (exact) mass is 274 g/mol. The second-order valence-electron chi connectivity index (χ2n) is 3.68. The summed E-state index contributed by atoms with van der Waals surface area (Å²) in [6.45, 7) is 4.20. The number of ether oxygens (including phenoxy) is 2. The Bertz CT molecular complexity index is 386. The third-order valence-corrected chi connectivity index (χ3v) is 3.42. The van der Waals surface area contributed by atoms with Crippen LogP contribution in [0.1, 0.15) is 15.4 Å². The fourth-order valence-corrected chi connectivity index (χ4v) is 2.37. The van der Waals surface area contributed by atoms with Crippen LogP contribution in [0.2, 0.25) is 0 Å². The summed E-state index contributed by atoms with van der Waals surface area (Å²) in [5, 5.41) is 9.68. The Balaban J connectivity index is 2.83. The Morgan fingerprint density at radius 1 is 1.33 bits per heavy atom. The molecule has 6 nitrogen and oxygen atoms in total. The molecule has 0 saturated heterocycles. The van der Waals surface area contributed by atoms with E-state index in [4.69, 9.17) is 14.6 Å². The molecular weight excluding hydrogens is 256 g/mol. The molecule has 0 aliphatic rings. The van der Waals surface area contributed by atoms with Crippen molar-refractivity contribution in [3.63, 3.8) is 0 Å². The van der Waals surface area contributed by atoms with Crippen molar-refractivity contribution >= 4 is 22.4 Å². The first-order chi connectivity index (χ1) is 8.60. The summed E-state index contributed by atoms with van der Waals surface area (Å²) in [5.41, 5.74) is 0.120. The molecule has 102 valence electrons. The van der Waals surface area contributed by atoms with Crippen LogP contribution in [-0.4, -0.2) is 56.6 Å². The van der Waals surface area contributed by atoms with Gasteiger partial charge in [0.25, 0.3) is 0 Å². The number of rotatable bonds is 8. The third kappa shape index (κ3) is 3.94. The van der Waals surface area contributed by atoms with E-state index >= 15 is 0 Å². The molecule has 1 rings (SSSR count). The average Bonchev–Trinajstić information content (AvgIpc) is 2.71. The molecule has 0 aliphatic carbocycles. The zero-order valence-corrected chi connectivity index (χ0v) is 11.6. The number of thiazole rings is 1. The highest BCUT2D eigenvalue weighted by atomic mass is 32.1. The topological polar surface area (TPSA) is 71.9 Å². The van der Waals surface area contributed by atoms with Crippen LogP contribution in [0.15, 0.2) is 0 Å². The number of anilines is 1. The van der Waals surface area contributed by atoms with E-state index in [0.717, 1.165) is 0 Å². The van der Waals surface area contributed by atoms with Gasteiger partial charge in [0, 0.05) is 32.2 Å². The number of nitrogens with zero attached hydrogens (tertiary/aromatic N) is 2. The van der Waals surface area contributed by atoms with Gasteiger partial charge in [0.2, 0.25) is 0 Å². The van der Waals surface area contributed by atoms with Gasteiger partial charge in [0.05, 0.1) is 13.2 Å². The lowest BCUT2D eigenvalue weighted by molar-refractivity contribution is 0.0690. The van der Waals surface area contributed by atoms with E-state index < -0.39 is 5.97 Å². The number of hydrogen-bond donors (Lipinski definition) is 1. The smallest absolute Gasteiger partial charge is 0.355 e. The summed E-state index contributed by atoms with van der Waals surface area (Å²) < 4.78 is 10.1. The minimum absolute atomic E-state index is 0.120. The summed E-state index contributed by atoms with van der Waals surface area (Å²) in [7, 11) is 3.26. The molecule has 0 aromatic carbocycles. The highest BCUT2D eigenvalue weighted by molar-refractivity contribution is 7.15. The Morgan fingerprint density at radius 2 is 1.89 bits per heavy atom. The minimum Gasteiger partial charge on any atom is -0.476 e. The Kier molecular flexibility index (Phi) is 6.03. The molecule has 1 aromatic heterocycles. The molecule has 18 heavy (non-hydrogen) atoms. The van der Waals surface area contributed by atoms with Gasteiger partial charge in [-0.15, -0.1) is 11.3 Å². The van der Waals surface area contributed by atoms with Gasteiger partial charge >= 0.3 is 5.97 Å². The predicted molar refractivity (Wildman–Crippen MR) is 69.8 cm³/mol. The molecule has 0 radical (unpaired) electrons. The largest absolute Gasteiger partial charge is 0.476 e. The standard InChI is InChI=1S/C11H18N2O4S/c1-8-9(10(14)15)12-11(18-8)13(4-6-16-2)5-7-17-3/h4-7H2,1-3H3,(H,14,15). The maximum atomic E-state index is 11.0. The fourth-order valence-electron chi connectivity index (χ4n) is 1.42. The summed E-state index contributed by atoms with van der Waals surface area (Å²) in [4.78, 5) is 17.8. The van der Waals surface area contributed by atoms with E-state index in [1.165, 1.54) is 11.3 Å². The lowest BCUT2D eigenvalue weighted by atomic mass is 10.4. The van der Waals surface area contributed by atoms with Gasteiger partial charge in [-0.05, 0) is 6.92 Å². The quantitative estimate of drug-likeness (QED) is 0.769. The molecule has 0 aliphatic heterocycles. The first-order valence-corrected chi connectivity index (χ1v) is 6.35. The lowest BCUT2D eigenvalue weighted by Gasteiger charge is -2.20. The summed E-state index contributed by atoms with van der Waals surface area (Å²) in [6.07, 6.45) is 0. The van der Waals surface area contributed by atoms with Crippen molar-refractivity contribution < 1.29 is 19.4 Å². The molecule has 0 spiro atoms. The van der Waals surface area contributed by atoms with Crippen LogP contribution in [0.5, 0.6) is 0 Å². The molecule has 0 saturated carbocycles. The number of methoxy groups -OCH3 is 2. The van der Waals surface area contributed by atoms with Crippen LogP contribution in [0.4, 0.5) is 5.13 Å². The Hall–Kier alpha value is -1.18. The molecule has 0 unspecified atom stereocenters. The number of carboxylic acid groups (broad SMARTS) is 1. The van der Waals surface area contributed by atoms with Crippen molar-refractivity contribution in [3.05, 3.63) is 10.6 Å². The van der Waals surface area contributed by atoms with E-state index in [1.54, 1.807) is 21.1 Å². The second-order valence-corrected chi connectivity index (χ2v) is 4.86. The van der Waals surface area contributed by atoms with Crippen LogP contribution in [-0.2, 0) is 9.47 Å². The van der Waals surface area contributed by atoms with Gasteiger partial charge < -0.3 is 19.5 Å². The lowest BCUT2D eigenvalue weighted by Crippen LogP contribution is -2.30. The molecular formula is C11H18N2O4S. The predicted octanol–water partition coefficient (Wildman–Crippen LogP) is 1.25. The molecule has 7 heteroatoms. The molecule has 0 bridgehead atoms. The number of carbonyl (C=O) groups is 1. The highest BCUT2D eigenvalue weighted by Crippen LogP contribution is 2.25. The van der Waals surface area contributed by atoms with E-state index in [9.17, 15) is 4.79 Å². The normalized spacial score (nSPS) is 10.6. The van der Waals surface area contributed by atoms with Crippen LogP contribution in [0.3, 0.4) is 0 Å². The molecule has 1 aromatic rings. The van der Waals surface area contributed by atoms with Gasteiger partial charge in [-0.1, -0.05) is 0 Å². The van der Waals surface area contributed by atoms with Gasteiger partial charge in [0.15, 0.2) is 10.8 Å². The maximum absolute atomic E-state index is 11.0. The molecule has 0 fully saturated rings. The number of aryl methyl sites for hydroxylation is 1. The molecule has 1 N–H and O–H groups in total. The van der Waals surface area contributed by atoms with Crippen LogP contribution in [0.25, 0.3) is 0 Å². The zero-order valence-electron chi connectivity index (χ0n) is 10.8. The number of carboxylic acids is 1. The van der Waals surface area contributed by atoms with Crippen molar-refractivity contribution in [1.82, 2.24) is 4.98 Å². The van der Waals surface area contributed by atoms with Crippen molar-refractivity contribution in [2.24, 2.45) is 0 Å². The zero-order chi connectivity index (χ0) is 13.5. The van der Waals surface area contributed by atoms with Gasteiger partial charge in [-0.3, -0.25) is 0 Å². The first-order valence-electron chi connectivity index (χ1n) is 5.53. The van der Waals surface area contributed by atoms with Crippen molar-refractivity contribution in [3.8, 4) is 0 Å². The van der Waals surface area contributed by atoms with E-state index in [-0.39, 0.29) is 5.69 Å². The maximum Gasteiger partial charge on any atom is 0.355 e. The van der Waals surface area contributed by atoms with E-state index in [2.05, 4.69) is 4.98 Å². The minimum atomic E-state index is -0.992. The van der Waals surface area contributed by atoms with Crippen LogP contribution < -0.4 is 4.90 Å². The SMILES string of the molecule is COCCN(CCOC)c1nc(C(=O)O)c(C)s1. The summed E-state index contributed by atoms with van der Waals surface area (Å²) in [6, 6.07) is 0. The third-order valence-electron chi connectivity index (χ3n) is 2.39. The summed E-state index contributed by atoms with van der Waals surface area (Å²) in [5.74, 6) is -0.992. The van der Waals surface area contributed by atoms with Crippen LogP contribution >= 0.6 is 11.3 Å². The van der Waals surface area contributed by atoms with Gasteiger partial charge in [-0.2, -0.15) is 0 Å². The van der Waals surface area contributed by atoms with Crippen LogP contribution in [0, 0.1) is 6.92 Å². The van der Waals surface area contributed by atoms with Crippen molar-refractivity contribution in [2.75, 3.05) is 45.4 Å². The number of hydrogen-bond acceptors (Lipinski definition) is 6. The number of aromatic carboxylic acids is 1. The Morgan fingerprint density at radius 3 is 2.28 bits per heavy atom. The van der Waals surface area contributed by atoms with E-state index in [1.807, 2.05) is 4.90 Å². The molecule has 0 atom stereocenters.